The largest absolute Gasteiger partial charge is 0.156 e. The minimum atomic E-state index is 1.05. The molecule has 1 heteroatoms. The Kier molecular flexibility index (Phi) is 5.13. The Morgan fingerprint density at radius 1 is 1.25 bits per heavy atom. The Labute approximate surface area is 81.5 Å². The summed E-state index contributed by atoms with van der Waals surface area (Å²) >= 11 is 2.16. The monoisotopic (exact) mass is 186 g/mol. The average molecular weight is 186 g/mol. The van der Waals surface area contributed by atoms with Gasteiger partial charge in [-0.15, -0.1) is 0 Å². The van der Waals surface area contributed by atoms with Crippen LogP contribution in [0, 0.1) is 5.92 Å². The summed E-state index contributed by atoms with van der Waals surface area (Å²) in [6, 6.07) is 0. The highest BCUT2D eigenvalue weighted by molar-refractivity contribution is 8.06. The van der Waals surface area contributed by atoms with Crippen molar-refractivity contribution < 1.29 is 0 Å². The first-order valence-electron chi connectivity index (χ1n) is 5.50. The lowest BCUT2D eigenvalue weighted by molar-refractivity contribution is 0.455. The van der Waals surface area contributed by atoms with Crippen LogP contribution in [0.4, 0.5) is 0 Å². The molecule has 2 atom stereocenters. The van der Waals surface area contributed by atoms with Crippen molar-refractivity contribution in [2.75, 3.05) is 5.75 Å². The lowest BCUT2D eigenvalue weighted by Crippen LogP contribution is -2.05. The molecule has 0 amide bonds. The molecule has 0 radical (unpaired) electrons. The van der Waals surface area contributed by atoms with Gasteiger partial charge >= 0.3 is 0 Å². The fraction of sp³-hybridized carbons (Fsp3) is 1.00. The van der Waals surface area contributed by atoms with Crippen LogP contribution in [-0.4, -0.2) is 11.0 Å². The van der Waals surface area contributed by atoms with Crippen molar-refractivity contribution in [1.82, 2.24) is 0 Å². The molecule has 1 fully saturated rings. The van der Waals surface area contributed by atoms with Crippen LogP contribution < -0.4 is 0 Å². The second-order valence-electron chi connectivity index (χ2n) is 3.89. The van der Waals surface area contributed by atoms with Gasteiger partial charge in [-0.1, -0.05) is 46.0 Å². The van der Waals surface area contributed by atoms with Gasteiger partial charge in [-0.05, 0) is 12.3 Å². The zero-order valence-electron chi connectivity index (χ0n) is 8.51. The molecule has 1 rings (SSSR count). The van der Waals surface area contributed by atoms with Crippen LogP contribution >= 0.6 is 11.8 Å². The van der Waals surface area contributed by atoms with E-state index in [1.165, 1.54) is 44.3 Å². The van der Waals surface area contributed by atoms with Gasteiger partial charge < -0.3 is 0 Å². The van der Waals surface area contributed by atoms with Gasteiger partial charge in [0.05, 0.1) is 0 Å². The number of rotatable bonds is 7. The Morgan fingerprint density at radius 2 is 2.00 bits per heavy atom. The predicted octanol–water partition coefficient (Wildman–Crippen LogP) is 4.10. The van der Waals surface area contributed by atoms with Crippen molar-refractivity contribution in [2.45, 2.75) is 57.6 Å². The molecule has 0 aliphatic carbocycles. The van der Waals surface area contributed by atoms with Crippen LogP contribution in [0.5, 0.6) is 0 Å². The van der Waals surface area contributed by atoms with Crippen LogP contribution in [0.15, 0.2) is 0 Å². The highest BCUT2D eigenvalue weighted by atomic mass is 32.2. The minimum absolute atomic E-state index is 1.05. The van der Waals surface area contributed by atoms with Crippen molar-refractivity contribution >= 4 is 11.8 Å². The average Bonchev–Trinajstić information content (AvgIpc) is 2.88. The van der Waals surface area contributed by atoms with Gasteiger partial charge in [0.25, 0.3) is 0 Å². The van der Waals surface area contributed by atoms with E-state index in [2.05, 4.69) is 25.6 Å². The summed E-state index contributed by atoms with van der Waals surface area (Å²) in [5, 5.41) is 1.05. The topological polar surface area (TPSA) is 0 Å². The summed E-state index contributed by atoms with van der Waals surface area (Å²) in [6.45, 7) is 4.64. The van der Waals surface area contributed by atoms with Crippen molar-refractivity contribution in [2.24, 2.45) is 5.92 Å². The van der Waals surface area contributed by atoms with E-state index in [0.29, 0.717) is 0 Å². The maximum Gasteiger partial charge on any atom is 0.0166 e. The lowest BCUT2D eigenvalue weighted by atomic mass is 9.96. The molecule has 0 aromatic heterocycles. The van der Waals surface area contributed by atoms with Crippen molar-refractivity contribution in [1.29, 1.82) is 0 Å². The van der Waals surface area contributed by atoms with E-state index in [1.54, 1.807) is 0 Å². The van der Waals surface area contributed by atoms with Crippen LogP contribution in [0.25, 0.3) is 0 Å². The molecular formula is C11H22S. The molecule has 1 saturated heterocycles. The van der Waals surface area contributed by atoms with E-state index < -0.39 is 0 Å². The van der Waals surface area contributed by atoms with Crippen molar-refractivity contribution in [3.05, 3.63) is 0 Å². The Morgan fingerprint density at radius 3 is 2.50 bits per heavy atom. The van der Waals surface area contributed by atoms with E-state index in [9.17, 15) is 0 Å². The van der Waals surface area contributed by atoms with E-state index in [4.69, 9.17) is 0 Å². The first-order chi connectivity index (χ1) is 5.88. The predicted molar refractivity (Wildman–Crippen MR) is 58.8 cm³/mol. The third-order valence-electron chi connectivity index (χ3n) is 2.84. The molecule has 0 N–H and O–H groups in total. The molecule has 0 aromatic carbocycles. The Hall–Kier alpha value is 0.350. The number of hydrogen-bond donors (Lipinski definition) is 0. The van der Waals surface area contributed by atoms with E-state index in [0.717, 1.165) is 11.2 Å². The van der Waals surface area contributed by atoms with E-state index in [-0.39, 0.29) is 0 Å². The van der Waals surface area contributed by atoms with E-state index >= 15 is 0 Å². The molecule has 2 unspecified atom stereocenters. The quantitative estimate of drug-likeness (QED) is 0.426. The maximum atomic E-state index is 2.35. The molecule has 0 bridgehead atoms. The van der Waals surface area contributed by atoms with Crippen molar-refractivity contribution in [3.8, 4) is 0 Å². The normalized spacial score (nSPS) is 24.0. The minimum Gasteiger partial charge on any atom is -0.156 e. The maximum absolute atomic E-state index is 2.35. The summed E-state index contributed by atoms with van der Waals surface area (Å²) in [4.78, 5) is 0. The van der Waals surface area contributed by atoms with Gasteiger partial charge in [-0.3, -0.25) is 0 Å². The van der Waals surface area contributed by atoms with Gasteiger partial charge in [-0.25, -0.2) is 0 Å². The summed E-state index contributed by atoms with van der Waals surface area (Å²) in [6.07, 6.45) is 8.65. The number of hydrogen-bond acceptors (Lipinski definition) is 1. The SMILES string of the molecule is CCCCCCC(CC)C1CS1. The number of thioether (sulfide) groups is 1. The third-order valence-corrected chi connectivity index (χ3v) is 3.94. The fourth-order valence-electron chi connectivity index (χ4n) is 1.81. The highest BCUT2D eigenvalue weighted by Gasteiger charge is 2.29. The molecule has 0 saturated carbocycles. The summed E-state index contributed by atoms with van der Waals surface area (Å²) in [7, 11) is 0. The summed E-state index contributed by atoms with van der Waals surface area (Å²) in [5.41, 5.74) is 0. The molecule has 12 heavy (non-hydrogen) atoms. The molecule has 72 valence electrons. The molecule has 0 spiro atoms. The second-order valence-corrected chi connectivity index (χ2v) is 5.16. The molecule has 1 heterocycles. The summed E-state index contributed by atoms with van der Waals surface area (Å²) < 4.78 is 0. The van der Waals surface area contributed by atoms with Crippen LogP contribution in [-0.2, 0) is 0 Å². The van der Waals surface area contributed by atoms with Gasteiger partial charge in [0.1, 0.15) is 0 Å². The smallest absolute Gasteiger partial charge is 0.0166 e. The number of unbranched alkanes of at least 4 members (excludes halogenated alkanes) is 3. The first kappa shape index (κ1) is 10.4. The standard InChI is InChI=1S/C11H22S/c1-3-5-6-7-8-10(4-2)11-9-12-11/h10-11H,3-9H2,1-2H3. The van der Waals surface area contributed by atoms with Crippen LogP contribution in [0.3, 0.4) is 0 Å². The van der Waals surface area contributed by atoms with Gasteiger partial charge in [0, 0.05) is 11.0 Å². The highest BCUT2D eigenvalue weighted by Crippen LogP contribution is 2.40. The van der Waals surface area contributed by atoms with Crippen molar-refractivity contribution in [3.63, 3.8) is 0 Å². The van der Waals surface area contributed by atoms with E-state index in [1.807, 2.05) is 0 Å². The van der Waals surface area contributed by atoms with Gasteiger partial charge in [0.15, 0.2) is 0 Å². The van der Waals surface area contributed by atoms with Gasteiger partial charge in [-0.2, -0.15) is 11.8 Å². The zero-order chi connectivity index (χ0) is 8.81. The lowest BCUT2D eigenvalue weighted by Gasteiger charge is -2.11. The second kappa shape index (κ2) is 5.90. The zero-order valence-corrected chi connectivity index (χ0v) is 9.33. The first-order valence-corrected chi connectivity index (χ1v) is 6.55. The van der Waals surface area contributed by atoms with Gasteiger partial charge in [0.2, 0.25) is 0 Å². The molecule has 0 nitrogen and oxygen atoms in total. The molecule has 1 aliphatic heterocycles. The van der Waals surface area contributed by atoms with Crippen LogP contribution in [0.2, 0.25) is 0 Å². The molecule has 1 aliphatic rings. The van der Waals surface area contributed by atoms with Crippen LogP contribution in [0.1, 0.15) is 52.4 Å². The molecular weight excluding hydrogens is 164 g/mol. The summed E-state index contributed by atoms with van der Waals surface area (Å²) in [5.74, 6) is 2.50. The Balaban J connectivity index is 1.95. The molecule has 0 aromatic rings. The third kappa shape index (κ3) is 3.84. The Bertz CT molecular complexity index is 108. The fourth-order valence-corrected chi connectivity index (χ4v) is 2.80.